The van der Waals surface area contributed by atoms with Gasteiger partial charge in [0.2, 0.25) is 0 Å². The molecule has 28 heavy (non-hydrogen) atoms. The first kappa shape index (κ1) is 19.8. The van der Waals surface area contributed by atoms with E-state index < -0.39 is 0 Å². The molecule has 3 rings (SSSR count). The third kappa shape index (κ3) is 5.79. The molecule has 0 atom stereocenters. The van der Waals surface area contributed by atoms with Crippen LogP contribution in [-0.4, -0.2) is 17.6 Å². The minimum absolute atomic E-state index is 0.340. The molecule has 0 aliphatic carbocycles. The highest BCUT2D eigenvalue weighted by Crippen LogP contribution is 2.25. The molecule has 0 fully saturated rings. The predicted molar refractivity (Wildman–Crippen MR) is 112 cm³/mol. The summed E-state index contributed by atoms with van der Waals surface area (Å²) in [4.78, 5) is 17.5. The number of thiazole rings is 1. The van der Waals surface area contributed by atoms with Crippen molar-refractivity contribution < 1.29 is 14.3 Å². The summed E-state index contributed by atoms with van der Waals surface area (Å²) in [5, 5.41) is 0.843. The van der Waals surface area contributed by atoms with Crippen LogP contribution in [0.2, 0.25) is 0 Å². The van der Waals surface area contributed by atoms with Gasteiger partial charge in [-0.1, -0.05) is 42.5 Å². The van der Waals surface area contributed by atoms with Crippen LogP contribution in [-0.2, 0) is 22.6 Å². The van der Waals surface area contributed by atoms with Crippen LogP contribution in [0.1, 0.15) is 27.9 Å². The Morgan fingerprint density at radius 1 is 1.07 bits per heavy atom. The molecule has 144 valence electrons. The summed E-state index contributed by atoms with van der Waals surface area (Å²) in [5.74, 6) is 0.474. The summed E-state index contributed by atoms with van der Waals surface area (Å²) in [6.45, 7) is 4.69. The molecular weight excluding hydrogens is 370 g/mol. The Labute approximate surface area is 169 Å². The van der Waals surface area contributed by atoms with Crippen molar-refractivity contribution in [3.05, 3.63) is 87.9 Å². The van der Waals surface area contributed by atoms with Gasteiger partial charge in [0.05, 0.1) is 6.61 Å². The molecule has 0 unspecified atom stereocenters. The first-order chi connectivity index (χ1) is 13.6. The monoisotopic (exact) mass is 393 g/mol. The van der Waals surface area contributed by atoms with Crippen molar-refractivity contribution in [1.29, 1.82) is 0 Å². The molecule has 4 nitrogen and oxygen atoms in total. The smallest absolute Gasteiger partial charge is 0.331 e. The third-order valence-electron chi connectivity index (χ3n) is 4.04. The molecule has 0 saturated carbocycles. The molecule has 0 radical (unpaired) electrons. The lowest BCUT2D eigenvalue weighted by atomic mass is 10.1. The van der Waals surface area contributed by atoms with Gasteiger partial charge in [-0.2, -0.15) is 0 Å². The fourth-order valence-electron chi connectivity index (χ4n) is 2.68. The van der Waals surface area contributed by atoms with Crippen molar-refractivity contribution in [2.75, 3.05) is 6.61 Å². The van der Waals surface area contributed by atoms with Gasteiger partial charge in [-0.25, -0.2) is 9.78 Å². The Hall–Kier alpha value is -2.92. The topological polar surface area (TPSA) is 48.4 Å². The van der Waals surface area contributed by atoms with Crippen LogP contribution in [0.4, 0.5) is 0 Å². The number of allylic oxidation sites excluding steroid dienone is 1. The second kappa shape index (κ2) is 9.85. The summed E-state index contributed by atoms with van der Waals surface area (Å²) < 4.78 is 10.9. The van der Waals surface area contributed by atoms with Crippen LogP contribution in [0.3, 0.4) is 0 Å². The maximum atomic E-state index is 12.0. The van der Waals surface area contributed by atoms with Crippen LogP contribution in [0.25, 0.3) is 5.57 Å². The number of rotatable bonds is 8. The lowest BCUT2D eigenvalue weighted by Crippen LogP contribution is -2.02. The second-order valence-corrected chi connectivity index (χ2v) is 7.53. The Kier molecular flexibility index (Phi) is 6.98. The van der Waals surface area contributed by atoms with Crippen molar-refractivity contribution in [2.45, 2.75) is 26.9 Å². The van der Waals surface area contributed by atoms with Crippen LogP contribution in [0.15, 0.2) is 66.9 Å². The molecule has 0 spiro atoms. The molecule has 0 N–H and O–H groups in total. The summed E-state index contributed by atoms with van der Waals surface area (Å²) in [6.07, 6.45) is 3.96. The molecule has 0 saturated heterocycles. The Morgan fingerprint density at radius 2 is 1.82 bits per heavy atom. The molecular formula is C23H23NO3S. The molecule has 1 heterocycles. The molecule has 0 amide bonds. The zero-order valence-electron chi connectivity index (χ0n) is 16.1. The van der Waals surface area contributed by atoms with E-state index in [9.17, 15) is 4.79 Å². The van der Waals surface area contributed by atoms with Gasteiger partial charge in [-0.3, -0.25) is 0 Å². The van der Waals surface area contributed by atoms with Gasteiger partial charge in [0.25, 0.3) is 0 Å². The number of esters is 1. The van der Waals surface area contributed by atoms with E-state index in [1.54, 1.807) is 24.3 Å². The maximum Gasteiger partial charge on any atom is 0.331 e. The van der Waals surface area contributed by atoms with Crippen molar-refractivity contribution in [1.82, 2.24) is 4.98 Å². The fraction of sp³-hybridized carbons (Fsp3) is 0.217. The summed E-state index contributed by atoms with van der Waals surface area (Å²) in [5.41, 5.74) is 3.07. The summed E-state index contributed by atoms with van der Waals surface area (Å²) >= 11 is 1.57. The van der Waals surface area contributed by atoms with E-state index in [-0.39, 0.29) is 5.97 Å². The van der Waals surface area contributed by atoms with Gasteiger partial charge in [0, 0.05) is 23.6 Å². The fourth-order valence-corrected chi connectivity index (χ4v) is 3.46. The summed E-state index contributed by atoms with van der Waals surface area (Å²) in [6, 6.07) is 18.0. The van der Waals surface area contributed by atoms with Crippen LogP contribution < -0.4 is 4.74 Å². The number of carbonyl (C=O) groups is 1. The number of benzene rings is 2. The van der Waals surface area contributed by atoms with Gasteiger partial charge in [-0.15, -0.1) is 11.3 Å². The number of ether oxygens (including phenoxy) is 2. The van der Waals surface area contributed by atoms with Gasteiger partial charge in [0.1, 0.15) is 17.4 Å². The largest absolute Gasteiger partial charge is 0.489 e. The molecule has 1 aromatic heterocycles. The minimum atomic E-state index is -0.340. The van der Waals surface area contributed by atoms with Crippen LogP contribution >= 0.6 is 11.3 Å². The van der Waals surface area contributed by atoms with Gasteiger partial charge in [-0.05, 0) is 42.7 Å². The van der Waals surface area contributed by atoms with E-state index in [1.165, 1.54) is 0 Å². The predicted octanol–water partition coefficient (Wildman–Crippen LogP) is 5.22. The number of aromatic nitrogens is 1. The van der Waals surface area contributed by atoms with Gasteiger partial charge < -0.3 is 9.47 Å². The molecule has 0 bridgehead atoms. The number of carbonyl (C=O) groups excluding carboxylic acids is 1. The normalized spacial score (nSPS) is 11.3. The molecule has 3 aromatic rings. The average Bonchev–Trinajstić information content (AvgIpc) is 3.14. The van der Waals surface area contributed by atoms with E-state index in [0.717, 1.165) is 32.3 Å². The highest BCUT2D eigenvalue weighted by molar-refractivity contribution is 7.12. The SMILES string of the molecule is CCOC(=O)/C=C(/Cc1ccc(OCc2ccccc2)cc1)c1ncc(C)s1. The minimum Gasteiger partial charge on any atom is -0.489 e. The average molecular weight is 394 g/mol. The third-order valence-corrected chi connectivity index (χ3v) is 5.03. The van der Waals surface area contributed by atoms with E-state index >= 15 is 0 Å². The number of nitrogens with zero attached hydrogens (tertiary/aromatic N) is 1. The zero-order chi connectivity index (χ0) is 19.8. The van der Waals surface area contributed by atoms with E-state index in [0.29, 0.717) is 19.6 Å². The summed E-state index contributed by atoms with van der Waals surface area (Å²) in [7, 11) is 0. The van der Waals surface area contributed by atoms with Crippen molar-refractivity contribution >= 4 is 22.9 Å². The van der Waals surface area contributed by atoms with Crippen molar-refractivity contribution in [3.63, 3.8) is 0 Å². The number of hydrogen-bond acceptors (Lipinski definition) is 5. The second-order valence-electron chi connectivity index (χ2n) is 6.29. The lowest BCUT2D eigenvalue weighted by Gasteiger charge is -2.09. The molecule has 5 heteroatoms. The molecule has 0 aliphatic rings. The van der Waals surface area contributed by atoms with E-state index in [4.69, 9.17) is 9.47 Å². The highest BCUT2D eigenvalue weighted by Gasteiger charge is 2.11. The van der Waals surface area contributed by atoms with Crippen molar-refractivity contribution in [2.24, 2.45) is 0 Å². The molecule has 0 aliphatic heterocycles. The maximum absolute atomic E-state index is 12.0. The van der Waals surface area contributed by atoms with Crippen LogP contribution in [0.5, 0.6) is 5.75 Å². The van der Waals surface area contributed by atoms with Gasteiger partial charge in [0.15, 0.2) is 0 Å². The Bertz CT molecular complexity index is 930. The number of aryl methyl sites for hydroxylation is 1. The van der Waals surface area contributed by atoms with Gasteiger partial charge >= 0.3 is 5.97 Å². The van der Waals surface area contributed by atoms with Crippen molar-refractivity contribution in [3.8, 4) is 5.75 Å². The van der Waals surface area contributed by atoms with E-state index in [1.807, 2.05) is 67.7 Å². The number of hydrogen-bond donors (Lipinski definition) is 0. The highest BCUT2D eigenvalue weighted by atomic mass is 32.1. The Morgan fingerprint density at radius 3 is 2.46 bits per heavy atom. The zero-order valence-corrected chi connectivity index (χ0v) is 16.9. The van der Waals surface area contributed by atoms with E-state index in [2.05, 4.69) is 4.98 Å². The first-order valence-electron chi connectivity index (χ1n) is 9.20. The lowest BCUT2D eigenvalue weighted by molar-refractivity contribution is -0.137. The first-order valence-corrected chi connectivity index (χ1v) is 10.0. The van der Waals surface area contributed by atoms with Crippen LogP contribution in [0, 0.1) is 6.92 Å². The quantitative estimate of drug-likeness (QED) is 0.389. The molecule has 2 aromatic carbocycles. The Balaban J connectivity index is 1.69. The standard InChI is InChI=1S/C23H23NO3S/c1-3-26-22(25)14-20(23-24-15-17(2)28-23)13-18-9-11-21(12-10-18)27-16-19-7-5-4-6-8-19/h4-12,14-15H,3,13,16H2,1-2H3/b20-14-.